The molecule has 0 aliphatic rings. The van der Waals surface area contributed by atoms with Crippen LogP contribution in [0.4, 0.5) is 26.3 Å². The van der Waals surface area contributed by atoms with Gasteiger partial charge < -0.3 is 14.6 Å². The fourth-order valence-electron chi connectivity index (χ4n) is 4.38. The summed E-state index contributed by atoms with van der Waals surface area (Å²) in [6, 6.07) is 10.6. The second kappa shape index (κ2) is 11.8. The maximum atomic E-state index is 13.4. The van der Waals surface area contributed by atoms with Gasteiger partial charge in [0.2, 0.25) is 0 Å². The molecule has 2 N–H and O–H groups in total. The molecule has 0 amide bonds. The molecular weight excluding hydrogens is 578 g/mol. The molecule has 0 atom stereocenters. The molecule has 0 fully saturated rings. The van der Waals surface area contributed by atoms with Gasteiger partial charge in [-0.15, -0.1) is 0 Å². The van der Waals surface area contributed by atoms with E-state index in [4.69, 9.17) is 4.74 Å². The van der Waals surface area contributed by atoms with Gasteiger partial charge >= 0.3 is 12.4 Å². The van der Waals surface area contributed by atoms with Crippen molar-refractivity contribution in [1.82, 2.24) is 0 Å². The summed E-state index contributed by atoms with van der Waals surface area (Å²) in [5, 5.41) is 9.79. The second-order valence-corrected chi connectivity index (χ2v) is 10.8. The number of benzene rings is 3. The third-order valence-corrected chi connectivity index (χ3v) is 7.29. The summed E-state index contributed by atoms with van der Waals surface area (Å²) in [6.45, 7) is 3.33. The Labute approximate surface area is 232 Å². The fourth-order valence-corrected chi connectivity index (χ4v) is 4.89. The first-order valence-corrected chi connectivity index (χ1v) is 13.7. The number of ether oxygens (including phenoxy) is 1. The molecule has 0 aliphatic carbocycles. The zero-order valence-electron chi connectivity index (χ0n) is 21.8. The lowest BCUT2D eigenvalue weighted by atomic mass is 9.90. The lowest BCUT2D eigenvalue weighted by Gasteiger charge is -2.33. The van der Waals surface area contributed by atoms with Crippen molar-refractivity contribution in [2.75, 3.05) is 0 Å². The molecule has 0 aromatic heterocycles. The monoisotopic (exact) mass is 604 g/mol. The molecule has 41 heavy (non-hydrogen) atoms. The molecule has 222 valence electrons. The largest absolute Gasteiger partial charge is 0.457 e. The van der Waals surface area contributed by atoms with E-state index in [1.807, 2.05) is 0 Å². The molecule has 0 saturated carbocycles. The minimum atomic E-state index is -6.03. The van der Waals surface area contributed by atoms with Gasteiger partial charge in [-0.2, -0.15) is 34.8 Å². The summed E-state index contributed by atoms with van der Waals surface area (Å²) in [5.74, 6) is 0.160. The summed E-state index contributed by atoms with van der Waals surface area (Å²) in [4.78, 5) is 10.6. The van der Waals surface area contributed by atoms with Crippen molar-refractivity contribution in [2.24, 2.45) is 0 Å². The standard InChI is InChI=1S/C28H26F6O6S/c1-3-5-19-15-20(26(36,27(29,30)31)28(32,33)34)8-12-25(19)40-21-9-11-23(17(2)14-21)24-16-22(41(37,38)39)10-7-18(24)6-4-13-35/h7-16,36H,3-6H2,1-2H3,(H,37,38,39). The SMILES string of the molecule is CCCc1cc(C(O)(C(F)(F)F)C(F)(F)F)ccc1Oc1ccc(-c2cc(S(=O)(=O)O)ccc2CCC=O)c(C)c1. The van der Waals surface area contributed by atoms with Crippen molar-refractivity contribution >= 4 is 16.4 Å². The van der Waals surface area contributed by atoms with Crippen LogP contribution in [0.15, 0.2) is 59.5 Å². The summed E-state index contributed by atoms with van der Waals surface area (Å²) < 4.78 is 119. The van der Waals surface area contributed by atoms with Gasteiger partial charge in [0.05, 0.1) is 4.90 Å². The van der Waals surface area contributed by atoms with Crippen molar-refractivity contribution in [3.8, 4) is 22.6 Å². The fraction of sp³-hybridized carbons (Fsp3) is 0.321. The van der Waals surface area contributed by atoms with Crippen LogP contribution in [0.1, 0.15) is 42.0 Å². The first-order valence-electron chi connectivity index (χ1n) is 12.3. The van der Waals surface area contributed by atoms with Gasteiger partial charge in [-0.05, 0) is 84.0 Å². The first-order chi connectivity index (χ1) is 18.9. The molecule has 0 spiro atoms. The highest BCUT2D eigenvalue weighted by Gasteiger charge is 2.71. The van der Waals surface area contributed by atoms with E-state index >= 15 is 0 Å². The van der Waals surface area contributed by atoms with E-state index in [0.717, 1.165) is 6.07 Å². The molecule has 3 aromatic carbocycles. The van der Waals surface area contributed by atoms with Crippen LogP contribution in [0.5, 0.6) is 11.5 Å². The molecule has 3 rings (SSSR count). The van der Waals surface area contributed by atoms with Crippen LogP contribution in [-0.4, -0.2) is 36.7 Å². The number of alkyl halides is 6. The van der Waals surface area contributed by atoms with Gasteiger partial charge in [0, 0.05) is 12.0 Å². The highest BCUT2D eigenvalue weighted by Crippen LogP contribution is 2.50. The predicted octanol–water partition coefficient (Wildman–Crippen LogP) is 7.10. The number of aliphatic hydroxyl groups is 1. The highest BCUT2D eigenvalue weighted by molar-refractivity contribution is 7.85. The number of hydrogen-bond acceptors (Lipinski definition) is 5. The van der Waals surface area contributed by atoms with Crippen LogP contribution >= 0.6 is 0 Å². The normalized spacial score (nSPS) is 12.8. The highest BCUT2D eigenvalue weighted by atomic mass is 32.2. The number of carbonyl (C=O) groups is 1. The molecule has 0 heterocycles. The van der Waals surface area contributed by atoms with Crippen LogP contribution in [0, 0.1) is 6.92 Å². The van der Waals surface area contributed by atoms with Crippen molar-refractivity contribution in [1.29, 1.82) is 0 Å². The number of aryl methyl sites for hydroxylation is 3. The van der Waals surface area contributed by atoms with Crippen LogP contribution in [0.3, 0.4) is 0 Å². The Balaban J connectivity index is 2.05. The average Bonchev–Trinajstić information content (AvgIpc) is 2.86. The Morgan fingerprint density at radius 2 is 1.51 bits per heavy atom. The van der Waals surface area contributed by atoms with E-state index in [2.05, 4.69) is 0 Å². The molecule has 3 aromatic rings. The molecular formula is C28H26F6O6S. The molecule has 0 radical (unpaired) electrons. The predicted molar refractivity (Wildman–Crippen MR) is 137 cm³/mol. The summed E-state index contributed by atoms with van der Waals surface area (Å²) in [6.07, 6.45) is -10.5. The molecule has 0 bridgehead atoms. The number of rotatable bonds is 10. The summed E-state index contributed by atoms with van der Waals surface area (Å²) in [5.41, 5.74) is -4.30. The van der Waals surface area contributed by atoms with Crippen molar-refractivity contribution in [2.45, 2.75) is 62.4 Å². The molecule has 6 nitrogen and oxygen atoms in total. The molecule has 13 heteroatoms. The minimum absolute atomic E-state index is 0.00987. The Kier molecular flexibility index (Phi) is 9.26. The van der Waals surface area contributed by atoms with E-state index in [9.17, 15) is 49.2 Å². The van der Waals surface area contributed by atoms with Gasteiger partial charge in [0.25, 0.3) is 15.7 Å². The van der Waals surface area contributed by atoms with E-state index in [-0.39, 0.29) is 41.2 Å². The zero-order chi connectivity index (χ0) is 30.8. The summed E-state index contributed by atoms with van der Waals surface area (Å²) >= 11 is 0. The number of aldehydes is 1. The Morgan fingerprint density at radius 1 is 0.854 bits per heavy atom. The van der Waals surface area contributed by atoms with E-state index in [0.29, 0.717) is 47.1 Å². The van der Waals surface area contributed by atoms with E-state index in [1.165, 1.54) is 30.3 Å². The van der Waals surface area contributed by atoms with Crippen LogP contribution in [-0.2, 0) is 33.4 Å². The van der Waals surface area contributed by atoms with E-state index in [1.54, 1.807) is 19.9 Å². The second-order valence-electron chi connectivity index (χ2n) is 9.36. The van der Waals surface area contributed by atoms with Crippen LogP contribution in [0.25, 0.3) is 11.1 Å². The number of halogens is 6. The lowest BCUT2D eigenvalue weighted by molar-refractivity contribution is -0.376. The zero-order valence-corrected chi connectivity index (χ0v) is 22.6. The maximum absolute atomic E-state index is 13.4. The Morgan fingerprint density at radius 3 is 2.05 bits per heavy atom. The smallest absolute Gasteiger partial charge is 0.430 e. The molecule has 0 aliphatic heterocycles. The van der Waals surface area contributed by atoms with Crippen molar-refractivity contribution < 1.29 is 54.0 Å². The van der Waals surface area contributed by atoms with Crippen LogP contribution in [0.2, 0.25) is 0 Å². The summed E-state index contributed by atoms with van der Waals surface area (Å²) in [7, 11) is -4.53. The van der Waals surface area contributed by atoms with Gasteiger partial charge in [-0.3, -0.25) is 4.55 Å². The number of hydrogen-bond donors (Lipinski definition) is 2. The van der Waals surface area contributed by atoms with Crippen molar-refractivity contribution in [3.05, 3.63) is 76.9 Å². The third-order valence-electron chi connectivity index (χ3n) is 6.44. The maximum Gasteiger partial charge on any atom is 0.430 e. The Bertz CT molecular complexity index is 1520. The van der Waals surface area contributed by atoms with Crippen molar-refractivity contribution in [3.63, 3.8) is 0 Å². The van der Waals surface area contributed by atoms with Gasteiger partial charge in [-0.1, -0.05) is 31.5 Å². The average molecular weight is 605 g/mol. The minimum Gasteiger partial charge on any atom is -0.457 e. The topological polar surface area (TPSA) is 101 Å². The van der Waals surface area contributed by atoms with E-state index < -0.39 is 33.6 Å². The molecule has 0 saturated heterocycles. The lowest BCUT2D eigenvalue weighted by Crippen LogP contribution is -2.53. The first kappa shape index (κ1) is 32.1. The van der Waals surface area contributed by atoms with Gasteiger partial charge in [-0.25, -0.2) is 0 Å². The molecule has 0 unspecified atom stereocenters. The van der Waals surface area contributed by atoms with Crippen LogP contribution < -0.4 is 4.74 Å². The number of carbonyl (C=O) groups excluding carboxylic acids is 1. The van der Waals surface area contributed by atoms with Gasteiger partial charge in [0.15, 0.2) is 0 Å². The quantitative estimate of drug-likeness (QED) is 0.146. The van der Waals surface area contributed by atoms with Gasteiger partial charge in [0.1, 0.15) is 17.8 Å². The Hall–Kier alpha value is -3.42. The third kappa shape index (κ3) is 6.74.